The summed E-state index contributed by atoms with van der Waals surface area (Å²) in [5.41, 5.74) is 1.40. The average molecular weight is 490 g/mol. The third kappa shape index (κ3) is 4.98. The molecule has 7 nitrogen and oxygen atoms in total. The van der Waals surface area contributed by atoms with E-state index in [1.165, 1.54) is 30.3 Å². The van der Waals surface area contributed by atoms with E-state index in [1.54, 1.807) is 30.3 Å². The summed E-state index contributed by atoms with van der Waals surface area (Å²) in [4.78, 5) is 27.0. The maximum atomic E-state index is 13.6. The van der Waals surface area contributed by atoms with E-state index in [1.807, 2.05) is 35.2 Å². The Hall–Kier alpha value is -3.52. The van der Waals surface area contributed by atoms with E-state index in [9.17, 15) is 14.9 Å². The molecule has 2 fully saturated rings. The van der Waals surface area contributed by atoms with Crippen LogP contribution >= 0.6 is 11.8 Å². The number of nitro benzene ring substituents is 1. The summed E-state index contributed by atoms with van der Waals surface area (Å²) in [5, 5.41) is 14.7. The first-order valence-corrected chi connectivity index (χ1v) is 12.7. The van der Waals surface area contributed by atoms with Gasteiger partial charge in [-0.1, -0.05) is 61.9 Å². The van der Waals surface area contributed by atoms with E-state index >= 15 is 0 Å². The summed E-state index contributed by atoms with van der Waals surface area (Å²) in [6, 6.07) is 20.0. The molecule has 1 amide bonds. The summed E-state index contributed by atoms with van der Waals surface area (Å²) in [6.07, 6.45) is 6.25. The Morgan fingerprint density at radius 2 is 1.89 bits per heavy atom. The molecule has 1 N–H and O–H groups in total. The summed E-state index contributed by atoms with van der Waals surface area (Å²) in [7, 11) is 0. The molecule has 1 aliphatic heterocycles. The largest absolute Gasteiger partial charge is 0.457 e. The van der Waals surface area contributed by atoms with Gasteiger partial charge in [-0.15, -0.1) is 0 Å². The number of benzene rings is 2. The first-order valence-electron chi connectivity index (χ1n) is 11.9. The molecule has 2 heterocycles. The number of nitrogens with one attached hydrogen (secondary N) is 1. The summed E-state index contributed by atoms with van der Waals surface area (Å²) < 4.78 is 5.97. The van der Waals surface area contributed by atoms with E-state index in [-0.39, 0.29) is 23.1 Å². The van der Waals surface area contributed by atoms with Crippen molar-refractivity contribution in [3.63, 3.8) is 0 Å². The Bertz CT molecular complexity index is 1260. The van der Waals surface area contributed by atoms with Gasteiger partial charge in [-0.2, -0.15) is 0 Å². The Morgan fingerprint density at radius 3 is 2.66 bits per heavy atom. The van der Waals surface area contributed by atoms with Gasteiger partial charge in [0.05, 0.1) is 9.83 Å². The number of thioether (sulfide) groups is 1. The molecule has 5 rings (SSSR count). The molecule has 2 aromatic carbocycles. The van der Waals surface area contributed by atoms with Crippen molar-refractivity contribution in [3.05, 3.63) is 87.5 Å². The number of hydrogen-bond acceptors (Lipinski definition) is 6. The minimum absolute atomic E-state index is 0.00685. The first kappa shape index (κ1) is 23.2. The number of furan rings is 1. The zero-order chi connectivity index (χ0) is 24.4. The highest BCUT2D eigenvalue weighted by Crippen LogP contribution is 2.42. The van der Waals surface area contributed by atoms with Crippen molar-refractivity contribution in [3.8, 4) is 11.3 Å². The zero-order valence-corrected chi connectivity index (χ0v) is 20.2. The van der Waals surface area contributed by atoms with Crippen LogP contribution in [0.25, 0.3) is 17.4 Å². The highest BCUT2D eigenvalue weighted by Gasteiger charge is 2.43. The lowest BCUT2D eigenvalue weighted by Gasteiger charge is -2.39. The molecule has 2 aliphatic rings. The van der Waals surface area contributed by atoms with Crippen LogP contribution in [-0.4, -0.2) is 27.3 Å². The molecule has 0 spiro atoms. The fourth-order valence-electron chi connectivity index (χ4n) is 4.85. The maximum Gasteiger partial charge on any atom is 0.270 e. The first-order chi connectivity index (χ1) is 17.0. The molecule has 0 radical (unpaired) electrons. The van der Waals surface area contributed by atoms with Gasteiger partial charge in [-0.05, 0) is 43.0 Å². The number of hydrogen-bond donors (Lipinski definition) is 1. The molecule has 1 unspecified atom stereocenters. The van der Waals surface area contributed by atoms with Crippen molar-refractivity contribution in [2.75, 3.05) is 5.32 Å². The van der Waals surface area contributed by atoms with Gasteiger partial charge in [-0.25, -0.2) is 0 Å². The number of nitrogens with zero attached hydrogens (tertiary/aromatic N) is 2. The van der Waals surface area contributed by atoms with Crippen molar-refractivity contribution in [2.45, 2.75) is 44.1 Å². The third-order valence-corrected chi connectivity index (χ3v) is 7.78. The number of anilines is 1. The number of nitro groups is 1. The number of non-ortho nitro benzene ring substituents is 1. The van der Waals surface area contributed by atoms with Crippen LogP contribution in [0.4, 0.5) is 11.4 Å². The number of carbonyl (C=O) groups is 1. The molecule has 1 aromatic heterocycles. The fourth-order valence-corrected chi connectivity index (χ4v) is 6.05. The summed E-state index contributed by atoms with van der Waals surface area (Å²) >= 11 is 1.50. The predicted octanol–water partition coefficient (Wildman–Crippen LogP) is 6.75. The Balaban J connectivity index is 1.42. The Morgan fingerprint density at radius 1 is 1.09 bits per heavy atom. The van der Waals surface area contributed by atoms with E-state index in [2.05, 4.69) is 12.2 Å². The van der Waals surface area contributed by atoms with Crippen molar-refractivity contribution < 1.29 is 14.1 Å². The number of rotatable bonds is 6. The molecule has 8 heteroatoms. The SMILES string of the molecule is C[C@@H]1CCCC[C@@H]1N1C(=O)/C(=C/c2ccc(-c3cccc([N+](=O)[O-])c3)o2)SC1Nc1ccccc1. The molecule has 1 aliphatic carbocycles. The van der Waals surface area contributed by atoms with E-state index < -0.39 is 4.92 Å². The molecule has 1 saturated heterocycles. The summed E-state index contributed by atoms with van der Waals surface area (Å²) in [5.74, 6) is 1.51. The van der Waals surface area contributed by atoms with Crippen LogP contribution in [0.2, 0.25) is 0 Å². The molecule has 35 heavy (non-hydrogen) atoms. The number of para-hydroxylation sites is 1. The normalized spacial score (nSPS) is 23.6. The second-order valence-electron chi connectivity index (χ2n) is 9.04. The third-order valence-electron chi connectivity index (χ3n) is 6.67. The van der Waals surface area contributed by atoms with Gasteiger partial charge in [0.15, 0.2) is 5.50 Å². The molecular weight excluding hydrogens is 462 g/mol. The van der Waals surface area contributed by atoms with Gasteiger partial charge < -0.3 is 14.6 Å². The lowest BCUT2D eigenvalue weighted by molar-refractivity contribution is -0.384. The second-order valence-corrected chi connectivity index (χ2v) is 10.2. The predicted molar refractivity (Wildman–Crippen MR) is 138 cm³/mol. The van der Waals surface area contributed by atoms with Gasteiger partial charge in [-0.3, -0.25) is 14.9 Å². The molecule has 3 aromatic rings. The molecule has 1 saturated carbocycles. The highest BCUT2D eigenvalue weighted by atomic mass is 32.2. The van der Waals surface area contributed by atoms with Gasteiger partial charge in [0, 0.05) is 35.5 Å². The minimum Gasteiger partial charge on any atom is -0.457 e. The molecule has 180 valence electrons. The van der Waals surface area contributed by atoms with Crippen LogP contribution in [-0.2, 0) is 4.79 Å². The van der Waals surface area contributed by atoms with Crippen LogP contribution in [0.15, 0.2) is 76.1 Å². The lowest BCUT2D eigenvalue weighted by atomic mass is 9.85. The highest BCUT2D eigenvalue weighted by molar-refractivity contribution is 8.05. The van der Waals surface area contributed by atoms with Crippen LogP contribution in [0.1, 0.15) is 38.4 Å². The van der Waals surface area contributed by atoms with Crippen molar-refractivity contribution >= 4 is 35.1 Å². The molecule has 0 bridgehead atoms. The monoisotopic (exact) mass is 489 g/mol. The minimum atomic E-state index is -0.427. The smallest absolute Gasteiger partial charge is 0.270 e. The lowest BCUT2D eigenvalue weighted by Crippen LogP contribution is -2.48. The molecular formula is C27H27N3O4S. The molecule has 3 atom stereocenters. The number of carbonyl (C=O) groups excluding carboxylic acids is 1. The van der Waals surface area contributed by atoms with E-state index in [4.69, 9.17) is 4.42 Å². The van der Waals surface area contributed by atoms with Crippen molar-refractivity contribution in [1.82, 2.24) is 4.90 Å². The van der Waals surface area contributed by atoms with Crippen molar-refractivity contribution in [2.24, 2.45) is 5.92 Å². The topological polar surface area (TPSA) is 88.6 Å². The summed E-state index contributed by atoms with van der Waals surface area (Å²) in [6.45, 7) is 2.24. The average Bonchev–Trinajstić information content (AvgIpc) is 3.45. The van der Waals surface area contributed by atoms with Crippen LogP contribution < -0.4 is 5.32 Å². The van der Waals surface area contributed by atoms with Gasteiger partial charge in [0.25, 0.3) is 11.6 Å². The van der Waals surface area contributed by atoms with Gasteiger partial charge in [0.1, 0.15) is 11.5 Å². The van der Waals surface area contributed by atoms with Gasteiger partial charge in [0.2, 0.25) is 0 Å². The Kier molecular flexibility index (Phi) is 6.63. The van der Waals surface area contributed by atoms with Gasteiger partial charge >= 0.3 is 0 Å². The van der Waals surface area contributed by atoms with Crippen LogP contribution in [0.5, 0.6) is 0 Å². The number of amides is 1. The second kappa shape index (κ2) is 10.00. The zero-order valence-electron chi connectivity index (χ0n) is 19.4. The quantitative estimate of drug-likeness (QED) is 0.234. The standard InChI is InChI=1S/C27H27N3O4S/c1-18-8-5-6-13-23(18)29-26(31)25(35-27(29)28-20-10-3-2-4-11-20)17-22-14-15-24(34-22)19-9-7-12-21(16-19)30(32)33/h2-4,7,9-12,14-18,23,27-28H,5-6,8,13H2,1H3/b25-17-/t18-,23+,27?/m1/s1. The van der Waals surface area contributed by atoms with Crippen LogP contribution in [0.3, 0.4) is 0 Å². The maximum absolute atomic E-state index is 13.6. The van der Waals surface area contributed by atoms with E-state index in [0.29, 0.717) is 27.9 Å². The fraction of sp³-hybridized carbons (Fsp3) is 0.296. The van der Waals surface area contributed by atoms with E-state index in [0.717, 1.165) is 24.9 Å². The van der Waals surface area contributed by atoms with Crippen molar-refractivity contribution in [1.29, 1.82) is 0 Å². The van der Waals surface area contributed by atoms with Crippen LogP contribution in [0, 0.1) is 16.0 Å². The Labute approximate surface area is 208 Å².